The molecular formula is C19H29NS. The van der Waals surface area contributed by atoms with E-state index < -0.39 is 0 Å². The standard InChI is InChI=1S/C19H29NS/c1-2-12-20-19(18-11-3-4-13-21-18)17-10-6-9-16(14-17)15-7-5-8-15/h6,9-10,14-15,18-20H,2-5,7-8,11-13H2,1H3. The minimum atomic E-state index is 0.551. The molecule has 2 aliphatic rings. The van der Waals surface area contributed by atoms with Gasteiger partial charge in [-0.25, -0.2) is 0 Å². The second-order valence-corrected chi connectivity index (χ2v) is 7.98. The number of rotatable bonds is 6. The molecule has 1 N–H and O–H groups in total. The van der Waals surface area contributed by atoms with Crippen LogP contribution < -0.4 is 5.32 Å². The van der Waals surface area contributed by atoms with Gasteiger partial charge in [0.15, 0.2) is 0 Å². The molecule has 1 saturated heterocycles. The topological polar surface area (TPSA) is 12.0 Å². The summed E-state index contributed by atoms with van der Waals surface area (Å²) in [4.78, 5) is 0. The van der Waals surface area contributed by atoms with Crippen molar-refractivity contribution >= 4 is 11.8 Å². The Labute approximate surface area is 134 Å². The van der Waals surface area contributed by atoms with E-state index in [4.69, 9.17) is 0 Å². The van der Waals surface area contributed by atoms with Gasteiger partial charge in [0.1, 0.15) is 0 Å². The van der Waals surface area contributed by atoms with Crippen LogP contribution >= 0.6 is 11.8 Å². The monoisotopic (exact) mass is 303 g/mol. The van der Waals surface area contributed by atoms with E-state index in [9.17, 15) is 0 Å². The predicted octanol–water partition coefficient (Wildman–Crippen LogP) is 5.28. The van der Waals surface area contributed by atoms with Crippen LogP contribution in [-0.4, -0.2) is 17.5 Å². The molecule has 2 fully saturated rings. The summed E-state index contributed by atoms with van der Waals surface area (Å²) < 4.78 is 0. The normalized spacial score (nSPS) is 24.5. The van der Waals surface area contributed by atoms with Crippen molar-refractivity contribution < 1.29 is 0 Å². The maximum absolute atomic E-state index is 3.84. The van der Waals surface area contributed by atoms with Crippen LogP contribution in [0.5, 0.6) is 0 Å². The fraction of sp³-hybridized carbons (Fsp3) is 0.684. The predicted molar refractivity (Wildman–Crippen MR) is 94.2 cm³/mol. The van der Waals surface area contributed by atoms with Crippen molar-refractivity contribution in [2.45, 2.75) is 69.1 Å². The average molecular weight is 304 g/mol. The molecule has 0 aromatic heterocycles. The van der Waals surface area contributed by atoms with Crippen LogP contribution in [-0.2, 0) is 0 Å². The lowest BCUT2D eigenvalue weighted by Gasteiger charge is -2.32. The molecule has 116 valence electrons. The first kappa shape index (κ1) is 15.4. The molecule has 2 atom stereocenters. The van der Waals surface area contributed by atoms with Gasteiger partial charge in [-0.3, -0.25) is 0 Å². The van der Waals surface area contributed by atoms with Gasteiger partial charge < -0.3 is 5.32 Å². The van der Waals surface area contributed by atoms with Gasteiger partial charge in [-0.1, -0.05) is 44.0 Å². The second-order valence-electron chi connectivity index (χ2n) is 6.63. The number of hydrogen-bond acceptors (Lipinski definition) is 2. The summed E-state index contributed by atoms with van der Waals surface area (Å²) in [6.45, 7) is 3.40. The van der Waals surface area contributed by atoms with E-state index in [-0.39, 0.29) is 0 Å². The van der Waals surface area contributed by atoms with E-state index in [0.717, 1.165) is 17.7 Å². The van der Waals surface area contributed by atoms with E-state index in [1.807, 2.05) is 0 Å². The van der Waals surface area contributed by atoms with Gasteiger partial charge in [-0.2, -0.15) is 11.8 Å². The van der Waals surface area contributed by atoms with Crippen molar-refractivity contribution in [3.63, 3.8) is 0 Å². The second kappa shape index (κ2) is 7.69. The van der Waals surface area contributed by atoms with Crippen LogP contribution in [0.15, 0.2) is 24.3 Å². The molecule has 1 aliphatic heterocycles. The minimum absolute atomic E-state index is 0.551. The van der Waals surface area contributed by atoms with Crippen molar-refractivity contribution in [2.75, 3.05) is 12.3 Å². The Bertz CT molecular complexity index is 435. The molecule has 0 amide bonds. The van der Waals surface area contributed by atoms with Crippen LogP contribution in [0.25, 0.3) is 0 Å². The van der Waals surface area contributed by atoms with Crippen molar-refractivity contribution in [3.05, 3.63) is 35.4 Å². The molecule has 2 unspecified atom stereocenters. The van der Waals surface area contributed by atoms with E-state index in [1.165, 1.54) is 56.3 Å². The third-order valence-corrected chi connectivity index (χ3v) is 6.51. The molecular weight excluding hydrogens is 274 g/mol. The third-order valence-electron chi connectivity index (χ3n) is 5.05. The third kappa shape index (κ3) is 3.84. The van der Waals surface area contributed by atoms with Gasteiger partial charge in [-0.05, 0) is 61.4 Å². The zero-order chi connectivity index (χ0) is 14.5. The number of thioether (sulfide) groups is 1. The van der Waals surface area contributed by atoms with Crippen LogP contribution in [0.2, 0.25) is 0 Å². The fourth-order valence-corrected chi connectivity index (χ4v) is 4.99. The largest absolute Gasteiger partial charge is 0.309 e. The van der Waals surface area contributed by atoms with Crippen LogP contribution in [0, 0.1) is 0 Å². The Morgan fingerprint density at radius 1 is 1.19 bits per heavy atom. The van der Waals surface area contributed by atoms with Gasteiger partial charge in [-0.15, -0.1) is 0 Å². The lowest BCUT2D eigenvalue weighted by Crippen LogP contribution is -2.32. The molecule has 3 rings (SSSR count). The molecule has 1 aliphatic carbocycles. The maximum Gasteiger partial charge on any atom is 0.0440 e. The zero-order valence-electron chi connectivity index (χ0n) is 13.3. The SMILES string of the molecule is CCCNC(c1cccc(C2CCC2)c1)C1CCCCS1. The Balaban J connectivity index is 1.77. The molecule has 0 radical (unpaired) electrons. The van der Waals surface area contributed by atoms with Crippen LogP contribution in [0.3, 0.4) is 0 Å². The Hall–Kier alpha value is -0.470. The van der Waals surface area contributed by atoms with E-state index in [1.54, 1.807) is 5.56 Å². The summed E-state index contributed by atoms with van der Waals surface area (Å²) in [7, 11) is 0. The Kier molecular flexibility index (Phi) is 5.65. The lowest BCUT2D eigenvalue weighted by molar-refractivity contribution is 0.418. The first-order valence-corrected chi connectivity index (χ1v) is 9.88. The molecule has 2 heteroatoms. The van der Waals surface area contributed by atoms with E-state index in [0.29, 0.717) is 6.04 Å². The number of benzene rings is 1. The maximum atomic E-state index is 3.84. The minimum Gasteiger partial charge on any atom is -0.309 e. The smallest absolute Gasteiger partial charge is 0.0440 e. The molecule has 0 bridgehead atoms. The fourth-order valence-electron chi connectivity index (χ4n) is 3.54. The highest BCUT2D eigenvalue weighted by atomic mass is 32.2. The van der Waals surface area contributed by atoms with Crippen LogP contribution in [0.4, 0.5) is 0 Å². The molecule has 21 heavy (non-hydrogen) atoms. The molecule has 1 aromatic rings. The van der Waals surface area contributed by atoms with Crippen molar-refractivity contribution in [1.82, 2.24) is 5.32 Å². The van der Waals surface area contributed by atoms with E-state index >= 15 is 0 Å². The van der Waals surface area contributed by atoms with Gasteiger partial charge in [0.25, 0.3) is 0 Å². The summed E-state index contributed by atoms with van der Waals surface area (Å²) in [6, 6.07) is 10.0. The Morgan fingerprint density at radius 2 is 2.10 bits per heavy atom. The highest BCUT2D eigenvalue weighted by Crippen LogP contribution is 2.39. The van der Waals surface area contributed by atoms with Gasteiger partial charge >= 0.3 is 0 Å². The van der Waals surface area contributed by atoms with Crippen LogP contribution in [0.1, 0.15) is 75.0 Å². The summed E-state index contributed by atoms with van der Waals surface area (Å²) in [5.74, 6) is 2.19. The summed E-state index contributed by atoms with van der Waals surface area (Å²) >= 11 is 2.19. The first-order valence-electron chi connectivity index (χ1n) is 8.83. The summed E-state index contributed by atoms with van der Waals surface area (Å²) in [5, 5.41) is 4.60. The molecule has 1 heterocycles. The first-order chi connectivity index (χ1) is 10.4. The van der Waals surface area contributed by atoms with Gasteiger partial charge in [0.05, 0.1) is 0 Å². The van der Waals surface area contributed by atoms with Crippen molar-refractivity contribution in [3.8, 4) is 0 Å². The van der Waals surface area contributed by atoms with Crippen molar-refractivity contribution in [2.24, 2.45) is 0 Å². The molecule has 1 aromatic carbocycles. The molecule has 0 spiro atoms. The van der Waals surface area contributed by atoms with Crippen molar-refractivity contribution in [1.29, 1.82) is 0 Å². The highest BCUT2D eigenvalue weighted by molar-refractivity contribution is 8.00. The van der Waals surface area contributed by atoms with E-state index in [2.05, 4.69) is 48.3 Å². The summed E-state index contributed by atoms with van der Waals surface area (Å²) in [5.41, 5.74) is 3.12. The van der Waals surface area contributed by atoms with Gasteiger partial charge in [0.2, 0.25) is 0 Å². The lowest BCUT2D eigenvalue weighted by atomic mass is 9.79. The Morgan fingerprint density at radius 3 is 2.76 bits per heavy atom. The molecule has 1 nitrogen and oxygen atoms in total. The quantitative estimate of drug-likeness (QED) is 0.767. The number of hydrogen-bond donors (Lipinski definition) is 1. The molecule has 1 saturated carbocycles. The zero-order valence-corrected chi connectivity index (χ0v) is 14.1. The highest BCUT2D eigenvalue weighted by Gasteiger charge is 2.26. The average Bonchev–Trinajstić information content (AvgIpc) is 2.47. The van der Waals surface area contributed by atoms with Gasteiger partial charge in [0, 0.05) is 11.3 Å². The number of nitrogens with one attached hydrogen (secondary N) is 1. The summed E-state index contributed by atoms with van der Waals surface area (Å²) in [6.07, 6.45) is 9.62.